The molecule has 0 spiro atoms. The minimum atomic E-state index is 0.290. The van der Waals surface area contributed by atoms with Crippen molar-refractivity contribution < 1.29 is 9.57 Å². The first-order valence-electron chi connectivity index (χ1n) is 4.88. The van der Waals surface area contributed by atoms with Crippen molar-refractivity contribution in [2.45, 2.75) is 31.0 Å². The van der Waals surface area contributed by atoms with Crippen molar-refractivity contribution >= 4 is 11.8 Å². The van der Waals surface area contributed by atoms with E-state index in [1.807, 2.05) is 34.8 Å². The molecule has 0 aromatic carbocycles. The molecular formula is C11H16NOS+. The number of hydrogen-bond donors (Lipinski definition) is 0. The van der Waals surface area contributed by atoms with Crippen LogP contribution in [0.25, 0.3) is 0 Å². The van der Waals surface area contributed by atoms with Crippen LogP contribution >= 0.6 is 11.8 Å². The van der Waals surface area contributed by atoms with Crippen molar-refractivity contribution in [3.63, 3.8) is 0 Å². The zero-order chi connectivity index (χ0) is 10.2. The van der Waals surface area contributed by atoms with Gasteiger partial charge in [0.05, 0.1) is 5.25 Å². The van der Waals surface area contributed by atoms with E-state index in [1.165, 1.54) is 5.03 Å². The van der Waals surface area contributed by atoms with Crippen molar-refractivity contribution in [2.24, 2.45) is 5.41 Å². The third kappa shape index (κ3) is 1.87. The lowest BCUT2D eigenvalue weighted by Crippen LogP contribution is -2.52. The predicted molar refractivity (Wildman–Crippen MR) is 57.2 cm³/mol. The average molecular weight is 210 g/mol. The van der Waals surface area contributed by atoms with Crippen molar-refractivity contribution in [1.82, 2.24) is 0 Å². The lowest BCUT2D eigenvalue weighted by atomic mass is 9.92. The van der Waals surface area contributed by atoms with Gasteiger partial charge in [0.15, 0.2) is 6.61 Å². The molecule has 1 atom stereocenters. The smallest absolute Gasteiger partial charge is 0.269 e. The van der Waals surface area contributed by atoms with Gasteiger partial charge in [-0.1, -0.05) is 20.8 Å². The van der Waals surface area contributed by atoms with E-state index < -0.39 is 0 Å². The molecular weight excluding hydrogens is 194 g/mol. The van der Waals surface area contributed by atoms with Crippen LogP contribution in [0.15, 0.2) is 29.4 Å². The topological polar surface area (TPSA) is 13.1 Å². The Morgan fingerprint density at radius 1 is 1.43 bits per heavy atom. The van der Waals surface area contributed by atoms with E-state index in [9.17, 15) is 0 Å². The van der Waals surface area contributed by atoms with E-state index in [2.05, 4.69) is 26.8 Å². The van der Waals surface area contributed by atoms with Gasteiger partial charge in [-0.25, -0.2) is 0 Å². The van der Waals surface area contributed by atoms with E-state index >= 15 is 0 Å². The molecule has 0 unspecified atom stereocenters. The summed E-state index contributed by atoms with van der Waals surface area (Å²) in [4.78, 5) is 5.66. The molecule has 2 nitrogen and oxygen atoms in total. The van der Waals surface area contributed by atoms with Crippen LogP contribution in [0.4, 0.5) is 0 Å². The Bertz CT molecular complexity index is 332. The van der Waals surface area contributed by atoms with Gasteiger partial charge in [-0.05, 0) is 23.2 Å². The van der Waals surface area contributed by atoms with Gasteiger partial charge >= 0.3 is 0 Å². The van der Waals surface area contributed by atoms with Gasteiger partial charge in [-0.2, -0.15) is 0 Å². The molecule has 1 aliphatic heterocycles. The molecule has 0 N–H and O–H groups in total. The second-order valence-electron chi connectivity index (χ2n) is 4.63. The third-order valence-corrected chi connectivity index (χ3v) is 4.07. The van der Waals surface area contributed by atoms with Crippen LogP contribution in [-0.2, 0) is 0 Å². The van der Waals surface area contributed by atoms with Crippen LogP contribution in [0.3, 0.4) is 0 Å². The summed E-state index contributed by atoms with van der Waals surface area (Å²) >= 11 is 1.90. The summed E-state index contributed by atoms with van der Waals surface area (Å²) < 4.78 is 1.85. The first-order valence-corrected chi connectivity index (χ1v) is 5.76. The number of pyridine rings is 1. The molecule has 14 heavy (non-hydrogen) atoms. The first kappa shape index (κ1) is 9.84. The molecule has 1 aromatic heterocycles. The fourth-order valence-corrected chi connectivity index (χ4v) is 2.51. The highest BCUT2D eigenvalue weighted by Crippen LogP contribution is 2.34. The van der Waals surface area contributed by atoms with Crippen molar-refractivity contribution in [2.75, 3.05) is 6.61 Å². The van der Waals surface area contributed by atoms with E-state index in [1.54, 1.807) is 0 Å². The summed E-state index contributed by atoms with van der Waals surface area (Å²) in [6.45, 7) is 7.56. The highest BCUT2D eigenvalue weighted by Gasteiger charge is 2.34. The summed E-state index contributed by atoms with van der Waals surface area (Å²) in [7, 11) is 0. The molecule has 2 heterocycles. The summed E-state index contributed by atoms with van der Waals surface area (Å²) in [6.07, 6.45) is 1.96. The normalized spacial score (nSPS) is 21.2. The number of rotatable bonds is 0. The summed E-state index contributed by atoms with van der Waals surface area (Å²) in [5.41, 5.74) is 0.290. The van der Waals surface area contributed by atoms with Crippen molar-refractivity contribution in [1.29, 1.82) is 0 Å². The van der Waals surface area contributed by atoms with Crippen LogP contribution in [0.5, 0.6) is 0 Å². The maximum absolute atomic E-state index is 5.66. The van der Waals surface area contributed by atoms with E-state index in [0.717, 1.165) is 6.61 Å². The molecule has 2 rings (SSSR count). The van der Waals surface area contributed by atoms with Crippen LogP contribution in [0.1, 0.15) is 20.8 Å². The standard InChI is InChI=1S/C11H16NOS/c1-11(2,3)9-8-13-12-7-5-4-6-10(12)14-9/h4-7,9H,8H2,1-3H3/q+1/t9-/m1/s1. The Balaban J connectivity index is 2.22. The van der Waals surface area contributed by atoms with E-state index in [0.29, 0.717) is 10.7 Å². The Morgan fingerprint density at radius 2 is 2.21 bits per heavy atom. The van der Waals surface area contributed by atoms with Gasteiger partial charge < -0.3 is 0 Å². The number of thioether (sulfide) groups is 1. The molecule has 3 heteroatoms. The van der Waals surface area contributed by atoms with Gasteiger partial charge in [0.2, 0.25) is 6.20 Å². The summed E-state index contributed by atoms with van der Waals surface area (Å²) in [5, 5.41) is 1.73. The zero-order valence-electron chi connectivity index (χ0n) is 8.86. The highest BCUT2D eigenvalue weighted by molar-refractivity contribution is 7.99. The predicted octanol–water partition coefficient (Wildman–Crippen LogP) is 1.92. The van der Waals surface area contributed by atoms with Gasteiger partial charge in [0.1, 0.15) is 0 Å². The van der Waals surface area contributed by atoms with E-state index in [4.69, 9.17) is 4.84 Å². The van der Waals surface area contributed by atoms with E-state index in [-0.39, 0.29) is 0 Å². The fraction of sp³-hybridized carbons (Fsp3) is 0.545. The average Bonchev–Trinajstić information content (AvgIpc) is 2.16. The van der Waals surface area contributed by atoms with Gasteiger partial charge in [0, 0.05) is 16.9 Å². The molecule has 1 aliphatic rings. The number of aromatic nitrogens is 1. The Hall–Kier alpha value is -0.700. The van der Waals surface area contributed by atoms with Crippen LogP contribution < -0.4 is 9.57 Å². The molecule has 0 aliphatic carbocycles. The molecule has 76 valence electrons. The summed E-state index contributed by atoms with van der Waals surface area (Å²) in [5.74, 6) is 0. The monoisotopic (exact) mass is 210 g/mol. The first-order chi connectivity index (χ1) is 6.57. The number of nitrogens with zero attached hydrogens (tertiary/aromatic N) is 1. The van der Waals surface area contributed by atoms with Crippen molar-refractivity contribution in [3.8, 4) is 0 Å². The van der Waals surface area contributed by atoms with Gasteiger partial charge in [-0.15, -0.1) is 0 Å². The Morgan fingerprint density at radius 3 is 2.93 bits per heavy atom. The lowest BCUT2D eigenvalue weighted by molar-refractivity contribution is -0.921. The molecule has 0 amide bonds. The minimum absolute atomic E-state index is 0.290. The van der Waals surface area contributed by atoms with Crippen molar-refractivity contribution in [3.05, 3.63) is 24.4 Å². The largest absolute Gasteiger partial charge is 0.291 e. The zero-order valence-corrected chi connectivity index (χ0v) is 9.67. The Kier molecular flexibility index (Phi) is 2.43. The second kappa shape index (κ2) is 3.46. The molecule has 0 saturated carbocycles. The third-order valence-electron chi connectivity index (χ3n) is 2.38. The molecule has 0 saturated heterocycles. The lowest BCUT2D eigenvalue weighted by Gasteiger charge is -2.29. The van der Waals surface area contributed by atoms with Gasteiger partial charge in [0.25, 0.3) is 5.03 Å². The summed E-state index contributed by atoms with van der Waals surface area (Å²) in [6, 6.07) is 6.14. The van der Waals surface area contributed by atoms with Gasteiger partial charge in [-0.3, -0.25) is 4.84 Å². The molecule has 0 bridgehead atoms. The second-order valence-corrected chi connectivity index (χ2v) is 5.86. The molecule has 0 radical (unpaired) electrons. The highest BCUT2D eigenvalue weighted by atomic mass is 32.2. The maximum atomic E-state index is 5.66. The number of fused-ring (bicyclic) bond motifs is 1. The SMILES string of the molecule is CC(C)(C)[C@H]1CO[n+]2ccccc2S1. The number of hydrogen-bond acceptors (Lipinski definition) is 2. The van der Waals surface area contributed by atoms with Crippen LogP contribution in [0, 0.1) is 5.41 Å². The maximum Gasteiger partial charge on any atom is 0.291 e. The minimum Gasteiger partial charge on any atom is -0.269 e. The molecule has 1 aromatic rings. The molecule has 0 fully saturated rings. The van der Waals surface area contributed by atoms with Crippen LogP contribution in [-0.4, -0.2) is 11.9 Å². The quantitative estimate of drug-likeness (QED) is 0.607. The van der Waals surface area contributed by atoms with Crippen LogP contribution in [0.2, 0.25) is 0 Å². The fourth-order valence-electron chi connectivity index (χ4n) is 1.37. The Labute approximate surface area is 89.2 Å².